The van der Waals surface area contributed by atoms with Gasteiger partial charge in [0.25, 0.3) is 12.3 Å². The van der Waals surface area contributed by atoms with Gasteiger partial charge in [0, 0.05) is 35.0 Å². The smallest absolute Gasteiger partial charge is 0.264 e. The van der Waals surface area contributed by atoms with Crippen molar-refractivity contribution in [1.29, 1.82) is 10.8 Å². The summed E-state index contributed by atoms with van der Waals surface area (Å²) in [5, 5.41) is 17.2. The van der Waals surface area contributed by atoms with E-state index in [9.17, 15) is 13.6 Å². The monoisotopic (exact) mass is 540 g/mol. The van der Waals surface area contributed by atoms with E-state index in [2.05, 4.69) is 5.32 Å². The molecule has 0 spiro atoms. The van der Waals surface area contributed by atoms with Crippen LogP contribution in [0.3, 0.4) is 0 Å². The molecule has 1 aliphatic heterocycles. The molecular weight excluding hydrogens is 494 g/mol. The van der Waals surface area contributed by atoms with E-state index in [0.29, 0.717) is 34.9 Å². The molecule has 3 aliphatic rings. The van der Waals surface area contributed by atoms with E-state index in [0.717, 1.165) is 17.7 Å². The van der Waals surface area contributed by atoms with Crippen molar-refractivity contribution < 1.29 is 13.6 Å². The molecule has 5 nitrogen and oxygen atoms in total. The number of rotatable bonds is 8. The summed E-state index contributed by atoms with van der Waals surface area (Å²) in [4.78, 5) is 14.8. The van der Waals surface area contributed by atoms with E-state index in [-0.39, 0.29) is 24.1 Å². The molecule has 0 aromatic heterocycles. The van der Waals surface area contributed by atoms with Gasteiger partial charge < -0.3 is 21.0 Å². The van der Waals surface area contributed by atoms with Gasteiger partial charge in [0.15, 0.2) is 0 Å². The summed E-state index contributed by atoms with van der Waals surface area (Å²) in [5.41, 5.74) is 3.61. The van der Waals surface area contributed by atoms with Crippen molar-refractivity contribution in [1.82, 2.24) is 5.32 Å². The first-order valence-electron chi connectivity index (χ1n) is 14.3. The van der Waals surface area contributed by atoms with Crippen LogP contribution in [-0.2, 0) is 13.0 Å². The fourth-order valence-electron chi connectivity index (χ4n) is 4.41. The summed E-state index contributed by atoms with van der Waals surface area (Å²) in [6.07, 6.45) is 7.32. The second kappa shape index (κ2) is 16.2. The normalized spacial score (nSPS) is 15.9. The number of fused-ring (bicyclic) bond motifs is 1. The quantitative estimate of drug-likeness (QED) is 0.293. The maximum atomic E-state index is 13.9. The van der Waals surface area contributed by atoms with E-state index in [4.69, 9.17) is 10.8 Å². The Balaban J connectivity index is 0.000000589. The lowest BCUT2D eigenvalue weighted by atomic mass is 9.85. The maximum Gasteiger partial charge on any atom is 0.264 e. The summed E-state index contributed by atoms with van der Waals surface area (Å²) >= 11 is 0. The summed E-state index contributed by atoms with van der Waals surface area (Å²) < 4.78 is 27.9. The third-order valence-corrected chi connectivity index (χ3v) is 6.82. The molecule has 1 atom stereocenters. The highest BCUT2D eigenvalue weighted by molar-refractivity contribution is 6.10. The fourth-order valence-corrected chi connectivity index (χ4v) is 4.41. The Morgan fingerprint density at radius 2 is 1.77 bits per heavy atom. The van der Waals surface area contributed by atoms with E-state index >= 15 is 0 Å². The van der Waals surface area contributed by atoms with Crippen LogP contribution in [0.5, 0.6) is 0 Å². The lowest BCUT2D eigenvalue weighted by Gasteiger charge is -2.27. The zero-order valence-corrected chi connectivity index (χ0v) is 24.2. The number of nitrogens with one attached hydrogen (secondary N) is 3. The molecule has 7 heteroatoms. The van der Waals surface area contributed by atoms with Gasteiger partial charge in [-0.25, -0.2) is 8.78 Å². The zero-order valence-electron chi connectivity index (χ0n) is 24.2. The van der Waals surface area contributed by atoms with Crippen molar-refractivity contribution in [2.75, 3.05) is 11.4 Å². The highest BCUT2D eigenvalue weighted by atomic mass is 19.3. The van der Waals surface area contributed by atoms with Gasteiger partial charge in [0.2, 0.25) is 0 Å². The average Bonchev–Trinajstić information content (AvgIpc) is 3.73. The number of alkyl halides is 2. The zero-order chi connectivity index (χ0) is 28.9. The van der Waals surface area contributed by atoms with Crippen molar-refractivity contribution >= 4 is 23.5 Å². The molecule has 5 rings (SSSR count). The van der Waals surface area contributed by atoms with E-state index in [1.807, 2.05) is 45.0 Å². The maximum absolute atomic E-state index is 13.9. The minimum absolute atomic E-state index is 0.0489. The van der Waals surface area contributed by atoms with Crippen molar-refractivity contribution in [2.45, 2.75) is 98.6 Å². The van der Waals surface area contributed by atoms with Crippen LogP contribution in [0.25, 0.3) is 0 Å². The molecule has 214 valence electrons. The number of hydrogen-bond donors (Lipinski definition) is 3. The summed E-state index contributed by atoms with van der Waals surface area (Å²) in [7, 11) is 0. The lowest BCUT2D eigenvalue weighted by molar-refractivity contribution is 0.0996. The second-order valence-corrected chi connectivity index (χ2v) is 10.2. The van der Waals surface area contributed by atoms with E-state index in [1.165, 1.54) is 44.7 Å². The third kappa shape index (κ3) is 9.64. The second-order valence-electron chi connectivity index (χ2n) is 10.2. The van der Waals surface area contributed by atoms with Crippen LogP contribution < -0.4 is 10.2 Å². The van der Waals surface area contributed by atoms with Crippen molar-refractivity contribution in [3.05, 3.63) is 64.2 Å². The van der Waals surface area contributed by atoms with Gasteiger partial charge in [-0.3, -0.25) is 4.79 Å². The molecule has 1 unspecified atom stereocenters. The van der Waals surface area contributed by atoms with Gasteiger partial charge in [-0.1, -0.05) is 51.7 Å². The Hall–Kier alpha value is -2.93. The molecule has 3 N–H and O–H groups in total. The van der Waals surface area contributed by atoms with Gasteiger partial charge >= 0.3 is 0 Å². The topological polar surface area (TPSA) is 80.0 Å². The summed E-state index contributed by atoms with van der Waals surface area (Å²) in [5.74, 6) is 0.425. The number of nitrogens with zero attached hydrogens (tertiary/aromatic N) is 1. The molecule has 2 fully saturated rings. The van der Waals surface area contributed by atoms with Crippen LogP contribution in [0, 0.1) is 16.7 Å². The first-order valence-corrected chi connectivity index (χ1v) is 14.3. The average molecular weight is 541 g/mol. The van der Waals surface area contributed by atoms with Gasteiger partial charge in [-0.15, -0.1) is 0 Å². The van der Waals surface area contributed by atoms with Crippen LogP contribution in [0.15, 0.2) is 36.4 Å². The van der Waals surface area contributed by atoms with Crippen LogP contribution in [0.2, 0.25) is 0 Å². The number of carbonyl (C=O) groups excluding carboxylic acids is 1. The summed E-state index contributed by atoms with van der Waals surface area (Å²) in [6, 6.07) is 10.7. The van der Waals surface area contributed by atoms with E-state index < -0.39 is 6.43 Å². The molecule has 2 aliphatic carbocycles. The predicted molar refractivity (Wildman–Crippen MR) is 159 cm³/mol. The third-order valence-electron chi connectivity index (χ3n) is 6.82. The van der Waals surface area contributed by atoms with Crippen LogP contribution >= 0.6 is 0 Å². The number of amides is 1. The highest BCUT2D eigenvalue weighted by Crippen LogP contribution is 2.37. The summed E-state index contributed by atoms with van der Waals surface area (Å²) in [6.45, 7) is 10.4. The highest BCUT2D eigenvalue weighted by Gasteiger charge is 2.34. The Labute approximate surface area is 233 Å². The van der Waals surface area contributed by atoms with Gasteiger partial charge in [-0.2, -0.15) is 0 Å². The molecule has 0 saturated heterocycles. The number of benzene rings is 2. The van der Waals surface area contributed by atoms with Crippen molar-refractivity contribution in [3.8, 4) is 0 Å². The number of carbonyl (C=O) groups is 1. The van der Waals surface area contributed by atoms with Gasteiger partial charge in [-0.05, 0) is 93.2 Å². The Bertz CT molecular complexity index is 1090. The Morgan fingerprint density at radius 1 is 1.13 bits per heavy atom. The SMILES string of the molecule is C1CC1.CC.CC(=N)Cc1cccc(N2Cc3c(cc(C(C)NCC4CCC4)cc3C(F)F)C2=O)c1.CC=N. The molecule has 0 radical (unpaired) electrons. The molecule has 39 heavy (non-hydrogen) atoms. The number of anilines is 1. The van der Waals surface area contributed by atoms with Crippen molar-refractivity contribution in [2.24, 2.45) is 5.92 Å². The number of hydrogen-bond acceptors (Lipinski definition) is 4. The van der Waals surface area contributed by atoms with Gasteiger partial charge in [0.1, 0.15) is 0 Å². The Kier molecular flexibility index (Phi) is 13.4. The first kappa shape index (κ1) is 32.3. The molecule has 1 amide bonds. The molecule has 2 aromatic carbocycles. The lowest BCUT2D eigenvalue weighted by Crippen LogP contribution is -2.29. The molecule has 2 saturated carbocycles. The van der Waals surface area contributed by atoms with Crippen LogP contribution in [0.1, 0.15) is 118 Å². The molecule has 0 bridgehead atoms. The van der Waals surface area contributed by atoms with Crippen molar-refractivity contribution in [3.63, 3.8) is 0 Å². The minimum atomic E-state index is -2.63. The van der Waals surface area contributed by atoms with Crippen LogP contribution in [0.4, 0.5) is 14.5 Å². The van der Waals surface area contributed by atoms with Gasteiger partial charge in [0.05, 0.1) is 6.54 Å². The Morgan fingerprint density at radius 3 is 2.28 bits per heavy atom. The van der Waals surface area contributed by atoms with Crippen LogP contribution in [-0.4, -0.2) is 24.4 Å². The molecule has 1 heterocycles. The predicted octanol–water partition coefficient (Wildman–Crippen LogP) is 8.67. The molecule has 2 aromatic rings. The first-order chi connectivity index (χ1) is 18.7. The fraction of sp³-hybridized carbons (Fsp3) is 0.531. The minimum Gasteiger partial charge on any atom is -0.313 e. The van der Waals surface area contributed by atoms with E-state index in [1.54, 1.807) is 30.9 Å². The standard InChI is InChI=1S/C25H29F2N3O.C3H6.C2H5N.C2H6/c1-15(28)9-18-7-4-8-20(10-18)30-14-23-21(24(26)27)11-19(12-22(23)25(30)31)16(2)29-13-17-5-3-6-17;1-2-3-1;1-2-3;1-2/h4,7-8,10-12,16-17,24,28-29H,3,5-6,9,13-14H2,1-2H3;1-3H2;2-3H,1H3;1-2H3. The molecular formula is C32H46F2N4O. The number of halogens is 2. The largest absolute Gasteiger partial charge is 0.313 e.